The number of halogens is 2. The molecule has 2 aromatic carbocycles. The van der Waals surface area contributed by atoms with E-state index in [4.69, 9.17) is 4.74 Å². The molecule has 1 aliphatic rings. The lowest BCUT2D eigenvalue weighted by atomic mass is 10.1. The minimum atomic E-state index is -0.278. The Bertz CT molecular complexity index is 761. The van der Waals surface area contributed by atoms with Crippen molar-refractivity contribution in [1.82, 2.24) is 4.90 Å². The average molecular weight is 380 g/mol. The molecule has 1 aliphatic heterocycles. The number of rotatable bonds is 4. The maximum atomic E-state index is 12.9. The topological polar surface area (TPSA) is 49.8 Å². The van der Waals surface area contributed by atoms with Crippen LogP contribution < -0.4 is 4.74 Å². The van der Waals surface area contributed by atoms with Crippen LogP contribution in [0.1, 0.15) is 21.5 Å². The zero-order valence-electron chi connectivity index (χ0n) is 12.5. The molecule has 0 atom stereocenters. The van der Waals surface area contributed by atoms with Crippen molar-refractivity contribution in [2.24, 2.45) is 0 Å². The number of hydrogen-bond donors (Lipinski definition) is 1. The van der Waals surface area contributed by atoms with Crippen LogP contribution >= 0.6 is 15.9 Å². The number of phenolic OH excluding ortho intramolecular Hbond substituents is 1. The van der Waals surface area contributed by atoms with E-state index in [2.05, 4.69) is 15.9 Å². The molecule has 4 nitrogen and oxygen atoms in total. The van der Waals surface area contributed by atoms with Crippen molar-refractivity contribution in [2.45, 2.75) is 13.0 Å². The van der Waals surface area contributed by atoms with E-state index in [1.54, 1.807) is 23.1 Å². The Balaban J connectivity index is 1.78. The first-order valence-corrected chi connectivity index (χ1v) is 7.92. The number of methoxy groups -OCH3 is 1. The minimum Gasteiger partial charge on any atom is -0.506 e. The molecule has 0 saturated carbocycles. The molecule has 0 aliphatic carbocycles. The molecule has 0 radical (unpaired) electrons. The van der Waals surface area contributed by atoms with Gasteiger partial charge in [0.1, 0.15) is 21.8 Å². The van der Waals surface area contributed by atoms with Gasteiger partial charge in [0.05, 0.1) is 19.2 Å². The molecule has 0 unspecified atom stereocenters. The largest absolute Gasteiger partial charge is 0.506 e. The van der Waals surface area contributed by atoms with Crippen LogP contribution in [0.25, 0.3) is 0 Å². The van der Waals surface area contributed by atoms with Crippen LogP contribution in [0.3, 0.4) is 0 Å². The summed E-state index contributed by atoms with van der Waals surface area (Å²) < 4.78 is 18.5. The summed E-state index contributed by atoms with van der Waals surface area (Å²) in [6.45, 7) is 0.850. The number of amides is 1. The molecule has 1 heterocycles. The summed E-state index contributed by atoms with van der Waals surface area (Å²) in [6, 6.07) is 7.87. The van der Waals surface area contributed by atoms with E-state index in [0.717, 1.165) is 5.56 Å². The van der Waals surface area contributed by atoms with Crippen molar-refractivity contribution in [1.29, 1.82) is 0 Å². The average Bonchev–Trinajstić information content (AvgIpc) is 2.87. The summed E-state index contributed by atoms with van der Waals surface area (Å²) in [5, 5.41) is 10.2. The third-order valence-corrected chi connectivity index (χ3v) is 4.75. The van der Waals surface area contributed by atoms with Gasteiger partial charge in [-0.15, -0.1) is 0 Å². The van der Waals surface area contributed by atoms with E-state index in [1.807, 2.05) is 0 Å². The lowest BCUT2D eigenvalue weighted by Gasteiger charge is -2.15. The first kappa shape index (κ1) is 15.8. The maximum absolute atomic E-state index is 12.9. The van der Waals surface area contributed by atoms with Crippen LogP contribution in [0.5, 0.6) is 11.5 Å². The molecule has 0 saturated heterocycles. The summed E-state index contributed by atoms with van der Waals surface area (Å²) in [5.74, 6) is 0.0513. The second kappa shape index (κ2) is 6.20. The van der Waals surface area contributed by atoms with Gasteiger partial charge in [-0.3, -0.25) is 4.79 Å². The maximum Gasteiger partial charge on any atom is 0.254 e. The predicted molar refractivity (Wildman–Crippen MR) is 87.2 cm³/mol. The Morgan fingerprint density at radius 1 is 1.35 bits per heavy atom. The highest BCUT2D eigenvalue weighted by Crippen LogP contribution is 2.42. The monoisotopic (exact) mass is 379 g/mol. The Hall–Kier alpha value is -2.08. The Morgan fingerprint density at radius 3 is 2.70 bits per heavy atom. The van der Waals surface area contributed by atoms with Gasteiger partial charge in [-0.05, 0) is 46.1 Å². The van der Waals surface area contributed by atoms with Gasteiger partial charge < -0.3 is 14.7 Å². The number of nitrogens with zero attached hydrogens (tertiary/aromatic N) is 1. The van der Waals surface area contributed by atoms with E-state index < -0.39 is 0 Å². The van der Waals surface area contributed by atoms with Gasteiger partial charge in [-0.1, -0.05) is 12.1 Å². The van der Waals surface area contributed by atoms with Crippen molar-refractivity contribution >= 4 is 21.8 Å². The molecular weight excluding hydrogens is 365 g/mol. The summed E-state index contributed by atoms with van der Waals surface area (Å²) in [5.41, 5.74) is 2.02. The van der Waals surface area contributed by atoms with Crippen LogP contribution in [0.15, 0.2) is 34.8 Å². The van der Waals surface area contributed by atoms with Gasteiger partial charge in [0.25, 0.3) is 5.91 Å². The number of phenols is 1. The fraction of sp³-hybridized carbons (Fsp3) is 0.235. The third kappa shape index (κ3) is 2.91. The number of fused-ring (bicyclic) bond motifs is 1. The zero-order chi connectivity index (χ0) is 16.6. The van der Waals surface area contributed by atoms with Crippen LogP contribution in [0, 0.1) is 5.82 Å². The van der Waals surface area contributed by atoms with E-state index in [9.17, 15) is 14.3 Å². The first-order valence-electron chi connectivity index (χ1n) is 7.13. The molecule has 1 N–H and O–H groups in total. The molecule has 23 heavy (non-hydrogen) atoms. The number of carbonyl (C=O) groups excluding carboxylic acids is 1. The molecule has 0 aromatic heterocycles. The van der Waals surface area contributed by atoms with Gasteiger partial charge in [0, 0.05) is 12.1 Å². The van der Waals surface area contributed by atoms with Crippen molar-refractivity contribution in [3.63, 3.8) is 0 Å². The molecule has 0 fully saturated rings. The summed E-state index contributed by atoms with van der Waals surface area (Å²) in [6.07, 6.45) is 0.624. The number of carbonyl (C=O) groups is 1. The second-order valence-electron chi connectivity index (χ2n) is 5.37. The molecule has 0 spiro atoms. The van der Waals surface area contributed by atoms with Crippen molar-refractivity contribution in [3.8, 4) is 11.5 Å². The molecule has 2 aromatic rings. The zero-order valence-corrected chi connectivity index (χ0v) is 14.1. The fourth-order valence-corrected chi connectivity index (χ4v) is 3.20. The molecule has 120 valence electrons. The van der Waals surface area contributed by atoms with Crippen molar-refractivity contribution in [2.75, 3.05) is 13.7 Å². The van der Waals surface area contributed by atoms with Gasteiger partial charge in [-0.25, -0.2) is 4.39 Å². The van der Waals surface area contributed by atoms with E-state index in [0.29, 0.717) is 40.9 Å². The number of benzene rings is 2. The standard InChI is InChI=1S/C17H15BrFNO3/c1-23-14-8-12-13(16(21)15(14)18)9-20(17(12)22)7-6-10-2-4-11(19)5-3-10/h2-5,8,21H,6-7,9H2,1H3. The van der Waals surface area contributed by atoms with E-state index >= 15 is 0 Å². The lowest BCUT2D eigenvalue weighted by Crippen LogP contribution is -2.26. The highest BCUT2D eigenvalue weighted by molar-refractivity contribution is 9.10. The van der Waals surface area contributed by atoms with Gasteiger partial charge in [0.15, 0.2) is 0 Å². The summed E-state index contributed by atoms with van der Waals surface area (Å²) in [4.78, 5) is 14.2. The van der Waals surface area contributed by atoms with Crippen molar-refractivity contribution in [3.05, 3.63) is 57.3 Å². The second-order valence-corrected chi connectivity index (χ2v) is 6.16. The minimum absolute atomic E-state index is 0.0389. The predicted octanol–water partition coefficient (Wildman–Crippen LogP) is 3.50. The number of ether oxygens (including phenoxy) is 1. The van der Waals surface area contributed by atoms with Crippen LogP contribution in [0.2, 0.25) is 0 Å². The van der Waals surface area contributed by atoms with Crippen LogP contribution in [0.4, 0.5) is 4.39 Å². The molecule has 0 bridgehead atoms. The van der Waals surface area contributed by atoms with E-state index in [-0.39, 0.29) is 17.5 Å². The molecule has 3 rings (SSSR count). The van der Waals surface area contributed by atoms with E-state index in [1.165, 1.54) is 19.2 Å². The Morgan fingerprint density at radius 2 is 2.04 bits per heavy atom. The fourth-order valence-electron chi connectivity index (χ4n) is 2.69. The SMILES string of the molecule is COc1cc2c(c(O)c1Br)CN(CCc1ccc(F)cc1)C2=O. The summed E-state index contributed by atoms with van der Waals surface area (Å²) in [7, 11) is 1.48. The summed E-state index contributed by atoms with van der Waals surface area (Å²) >= 11 is 3.28. The quantitative estimate of drug-likeness (QED) is 0.884. The van der Waals surface area contributed by atoms with Crippen LogP contribution in [-0.4, -0.2) is 29.6 Å². The van der Waals surface area contributed by atoms with Crippen molar-refractivity contribution < 1.29 is 19.0 Å². The number of hydrogen-bond acceptors (Lipinski definition) is 3. The molecule has 6 heteroatoms. The van der Waals surface area contributed by atoms with Crippen LogP contribution in [-0.2, 0) is 13.0 Å². The van der Waals surface area contributed by atoms with Gasteiger partial charge in [0.2, 0.25) is 0 Å². The molecular formula is C17H15BrFNO3. The number of aromatic hydroxyl groups is 1. The first-order chi connectivity index (χ1) is 11.0. The normalized spacial score (nSPS) is 13.3. The lowest BCUT2D eigenvalue weighted by molar-refractivity contribution is 0.0780. The Labute approximate surface area is 141 Å². The smallest absolute Gasteiger partial charge is 0.254 e. The highest BCUT2D eigenvalue weighted by atomic mass is 79.9. The van der Waals surface area contributed by atoms with Gasteiger partial charge in [-0.2, -0.15) is 0 Å². The van der Waals surface area contributed by atoms with Gasteiger partial charge >= 0.3 is 0 Å². The third-order valence-electron chi connectivity index (χ3n) is 3.98. The highest BCUT2D eigenvalue weighted by Gasteiger charge is 2.32. The Kier molecular flexibility index (Phi) is 4.26. The molecule has 1 amide bonds.